The standard InChI is InChI=1S/C19H16F3N5O3S/c20-19(21,22)13-3-1-2-4-14(13)23-17(28)25-7-9-26(10-8-25)18-24-15-6-5-12(27(29)30)11-16(15)31-18/h1-6,11H,7-10H2,(H,23,28). The van der Waals surface area contributed by atoms with Gasteiger partial charge in [-0.25, -0.2) is 9.78 Å². The van der Waals surface area contributed by atoms with Crippen molar-refractivity contribution in [1.29, 1.82) is 0 Å². The number of fused-ring (bicyclic) bond motifs is 1. The second-order valence-corrected chi connectivity index (χ2v) is 7.86. The van der Waals surface area contributed by atoms with Crippen molar-refractivity contribution in [3.8, 4) is 0 Å². The number of non-ortho nitro benzene ring substituents is 1. The van der Waals surface area contributed by atoms with E-state index in [0.717, 1.165) is 6.07 Å². The zero-order valence-corrected chi connectivity index (χ0v) is 16.7. The Kier molecular flexibility index (Phi) is 5.39. The van der Waals surface area contributed by atoms with Gasteiger partial charge in [-0.1, -0.05) is 23.5 Å². The number of nitrogens with one attached hydrogen (secondary N) is 1. The average Bonchev–Trinajstić information content (AvgIpc) is 3.17. The van der Waals surface area contributed by atoms with Gasteiger partial charge in [-0.15, -0.1) is 0 Å². The summed E-state index contributed by atoms with van der Waals surface area (Å²) in [6.07, 6.45) is -4.56. The highest BCUT2D eigenvalue weighted by Gasteiger charge is 2.34. The van der Waals surface area contributed by atoms with E-state index in [1.807, 2.05) is 4.90 Å². The lowest BCUT2D eigenvalue weighted by atomic mass is 10.1. The molecule has 0 spiro atoms. The van der Waals surface area contributed by atoms with Gasteiger partial charge < -0.3 is 15.1 Å². The van der Waals surface area contributed by atoms with Crippen LogP contribution in [-0.4, -0.2) is 47.0 Å². The van der Waals surface area contributed by atoms with Gasteiger partial charge in [-0.2, -0.15) is 13.2 Å². The predicted molar refractivity (Wildman–Crippen MR) is 111 cm³/mol. The molecule has 31 heavy (non-hydrogen) atoms. The van der Waals surface area contributed by atoms with Gasteiger partial charge in [-0.3, -0.25) is 10.1 Å². The third kappa shape index (κ3) is 4.38. The Morgan fingerprint density at radius 3 is 2.52 bits per heavy atom. The molecule has 1 aliphatic rings. The van der Waals surface area contributed by atoms with E-state index in [-0.39, 0.29) is 11.4 Å². The van der Waals surface area contributed by atoms with Crippen LogP contribution in [0.4, 0.5) is 34.5 Å². The lowest BCUT2D eigenvalue weighted by Crippen LogP contribution is -2.50. The van der Waals surface area contributed by atoms with Crippen LogP contribution in [0.15, 0.2) is 42.5 Å². The number of hydrogen-bond acceptors (Lipinski definition) is 6. The third-order valence-electron chi connectivity index (χ3n) is 4.88. The van der Waals surface area contributed by atoms with Gasteiger partial charge in [0, 0.05) is 38.3 Å². The minimum absolute atomic E-state index is 0.0108. The highest BCUT2D eigenvalue weighted by Crippen LogP contribution is 2.35. The molecule has 2 aromatic carbocycles. The summed E-state index contributed by atoms with van der Waals surface area (Å²) in [5.74, 6) is 0. The van der Waals surface area contributed by atoms with Gasteiger partial charge in [0.2, 0.25) is 0 Å². The number of para-hydroxylation sites is 1. The average molecular weight is 451 g/mol. The summed E-state index contributed by atoms with van der Waals surface area (Å²) >= 11 is 1.32. The zero-order chi connectivity index (χ0) is 22.2. The number of urea groups is 1. The normalized spacial score (nSPS) is 14.7. The highest BCUT2D eigenvalue weighted by atomic mass is 32.1. The number of rotatable bonds is 3. The van der Waals surface area contributed by atoms with Crippen molar-refractivity contribution in [3.63, 3.8) is 0 Å². The van der Waals surface area contributed by atoms with E-state index in [1.54, 1.807) is 6.07 Å². The van der Waals surface area contributed by atoms with Crippen LogP contribution < -0.4 is 10.2 Å². The van der Waals surface area contributed by atoms with Crippen molar-refractivity contribution in [3.05, 3.63) is 58.1 Å². The van der Waals surface area contributed by atoms with Crippen LogP contribution >= 0.6 is 11.3 Å². The Morgan fingerprint density at radius 1 is 1.13 bits per heavy atom. The molecule has 0 radical (unpaired) electrons. The van der Waals surface area contributed by atoms with E-state index in [4.69, 9.17) is 0 Å². The first-order valence-corrected chi connectivity index (χ1v) is 10.1. The molecule has 2 heterocycles. The third-order valence-corrected chi connectivity index (χ3v) is 5.96. The van der Waals surface area contributed by atoms with Crippen LogP contribution in [0.5, 0.6) is 0 Å². The number of nitrogens with zero attached hydrogens (tertiary/aromatic N) is 4. The number of alkyl halides is 3. The number of nitro benzene ring substituents is 1. The first kappa shape index (κ1) is 20.8. The van der Waals surface area contributed by atoms with E-state index < -0.39 is 22.7 Å². The summed E-state index contributed by atoms with van der Waals surface area (Å²) in [7, 11) is 0. The van der Waals surface area contributed by atoms with Crippen LogP contribution in [0.3, 0.4) is 0 Å². The molecule has 0 atom stereocenters. The SMILES string of the molecule is O=C(Nc1ccccc1C(F)(F)F)N1CCN(c2nc3ccc([N+](=O)[O-])cc3s2)CC1. The molecule has 1 fully saturated rings. The van der Waals surface area contributed by atoms with Crippen LogP contribution in [0.1, 0.15) is 5.56 Å². The monoisotopic (exact) mass is 451 g/mol. The number of nitro groups is 1. The molecular weight excluding hydrogens is 435 g/mol. The van der Waals surface area contributed by atoms with Crippen molar-refractivity contribution in [2.45, 2.75) is 6.18 Å². The minimum Gasteiger partial charge on any atom is -0.345 e. The first-order chi connectivity index (χ1) is 14.7. The Bertz CT molecular complexity index is 1140. The summed E-state index contributed by atoms with van der Waals surface area (Å²) in [4.78, 5) is 30.8. The van der Waals surface area contributed by atoms with Crippen LogP contribution in [0, 0.1) is 10.1 Å². The number of piperazine rings is 1. The Hall–Kier alpha value is -3.41. The number of aromatic nitrogens is 1. The summed E-state index contributed by atoms with van der Waals surface area (Å²) in [5.41, 5.74) is -0.543. The lowest BCUT2D eigenvalue weighted by Gasteiger charge is -2.34. The van der Waals surface area contributed by atoms with Gasteiger partial charge in [0.15, 0.2) is 5.13 Å². The number of amides is 2. The number of thiazole rings is 1. The van der Waals surface area contributed by atoms with Crippen molar-refractivity contribution < 1.29 is 22.9 Å². The van der Waals surface area contributed by atoms with Crippen LogP contribution in [0.25, 0.3) is 10.2 Å². The fourth-order valence-corrected chi connectivity index (χ4v) is 4.33. The van der Waals surface area contributed by atoms with E-state index in [1.165, 1.54) is 46.6 Å². The molecule has 1 N–H and O–H groups in total. The largest absolute Gasteiger partial charge is 0.418 e. The molecule has 3 aromatic rings. The van der Waals surface area contributed by atoms with Gasteiger partial charge in [0.05, 0.1) is 26.4 Å². The fourth-order valence-electron chi connectivity index (χ4n) is 3.28. The molecule has 0 saturated carbocycles. The van der Waals surface area contributed by atoms with Gasteiger partial charge in [0.1, 0.15) is 0 Å². The topological polar surface area (TPSA) is 91.6 Å². The molecule has 1 aliphatic heterocycles. The maximum atomic E-state index is 13.1. The number of carbonyl (C=O) groups excluding carboxylic acids is 1. The number of halogens is 3. The molecule has 12 heteroatoms. The Labute approximate surface area is 178 Å². The number of anilines is 2. The van der Waals surface area contributed by atoms with E-state index in [2.05, 4.69) is 10.3 Å². The summed E-state index contributed by atoms with van der Waals surface area (Å²) in [6.45, 7) is 1.48. The molecular formula is C19H16F3N5O3S. The number of hydrogen-bond donors (Lipinski definition) is 1. The second kappa shape index (κ2) is 8.02. The van der Waals surface area contributed by atoms with E-state index in [0.29, 0.717) is 41.5 Å². The maximum absolute atomic E-state index is 13.1. The van der Waals surface area contributed by atoms with E-state index in [9.17, 15) is 28.1 Å². The second-order valence-electron chi connectivity index (χ2n) is 6.85. The van der Waals surface area contributed by atoms with Crippen molar-refractivity contribution >= 4 is 44.1 Å². The van der Waals surface area contributed by atoms with Gasteiger partial charge >= 0.3 is 12.2 Å². The molecule has 1 saturated heterocycles. The summed E-state index contributed by atoms with van der Waals surface area (Å²) in [5, 5.41) is 14.0. The molecule has 0 unspecified atom stereocenters. The Morgan fingerprint density at radius 2 is 1.84 bits per heavy atom. The lowest BCUT2D eigenvalue weighted by molar-refractivity contribution is -0.384. The van der Waals surface area contributed by atoms with Gasteiger partial charge in [0.25, 0.3) is 5.69 Å². The molecule has 8 nitrogen and oxygen atoms in total. The van der Waals surface area contributed by atoms with Crippen molar-refractivity contribution in [1.82, 2.24) is 9.88 Å². The summed E-state index contributed by atoms with van der Waals surface area (Å²) < 4.78 is 40.1. The van der Waals surface area contributed by atoms with Crippen LogP contribution in [0.2, 0.25) is 0 Å². The Balaban J connectivity index is 1.42. The molecule has 2 amide bonds. The minimum atomic E-state index is -4.56. The van der Waals surface area contributed by atoms with Crippen molar-refractivity contribution in [2.24, 2.45) is 0 Å². The molecule has 0 bridgehead atoms. The highest BCUT2D eigenvalue weighted by molar-refractivity contribution is 7.22. The predicted octanol–water partition coefficient (Wildman–Crippen LogP) is 4.58. The number of carbonyl (C=O) groups is 1. The van der Waals surface area contributed by atoms with Crippen LogP contribution in [-0.2, 0) is 6.18 Å². The smallest absolute Gasteiger partial charge is 0.345 e. The van der Waals surface area contributed by atoms with E-state index >= 15 is 0 Å². The summed E-state index contributed by atoms with van der Waals surface area (Å²) in [6, 6.07) is 8.70. The molecule has 0 aliphatic carbocycles. The van der Waals surface area contributed by atoms with Gasteiger partial charge in [-0.05, 0) is 18.2 Å². The molecule has 4 rings (SSSR count). The maximum Gasteiger partial charge on any atom is 0.418 e. The fraction of sp³-hybridized carbons (Fsp3) is 0.263. The zero-order valence-electron chi connectivity index (χ0n) is 15.9. The first-order valence-electron chi connectivity index (χ1n) is 9.24. The quantitative estimate of drug-likeness (QED) is 0.465. The van der Waals surface area contributed by atoms with Crippen molar-refractivity contribution in [2.75, 3.05) is 36.4 Å². The molecule has 162 valence electrons. The molecule has 1 aromatic heterocycles. The number of benzene rings is 2.